The molecule has 1 N–H and O–H groups in total. The van der Waals surface area contributed by atoms with Gasteiger partial charge in [0.05, 0.1) is 26.4 Å². The van der Waals surface area contributed by atoms with Crippen LogP contribution < -0.4 is 15.6 Å². The van der Waals surface area contributed by atoms with E-state index < -0.39 is 15.1 Å². The van der Waals surface area contributed by atoms with Crippen LogP contribution in [0.15, 0.2) is 58.5 Å². The smallest absolute Gasteiger partial charge is 0.261 e. The van der Waals surface area contributed by atoms with Gasteiger partial charge in [0, 0.05) is 55.8 Å². The molecule has 11 nitrogen and oxygen atoms in total. The average Bonchev–Trinajstić information content (AvgIpc) is 3.03. The number of piperidine rings is 1. The molecule has 0 atom stereocenters. The molecule has 45 heavy (non-hydrogen) atoms. The van der Waals surface area contributed by atoms with Gasteiger partial charge in [-0.05, 0) is 83.0 Å². The van der Waals surface area contributed by atoms with Gasteiger partial charge in [-0.2, -0.15) is 4.98 Å². The molecule has 2 fully saturated rings. The van der Waals surface area contributed by atoms with E-state index >= 15 is 0 Å². The maximum Gasteiger partial charge on any atom is 0.261 e. The third kappa shape index (κ3) is 6.69. The molecule has 0 aliphatic carbocycles. The number of pyridine rings is 2. The van der Waals surface area contributed by atoms with Crippen molar-refractivity contribution in [3.05, 3.63) is 64.2 Å². The first kappa shape index (κ1) is 31.4. The minimum atomic E-state index is -3.64. The Labute approximate surface area is 267 Å². The lowest BCUT2D eigenvalue weighted by Gasteiger charge is -2.29. The van der Waals surface area contributed by atoms with Crippen LogP contribution in [0.2, 0.25) is 5.02 Å². The number of aromatic nitrogens is 4. The molecule has 0 unspecified atom stereocenters. The van der Waals surface area contributed by atoms with Gasteiger partial charge in [-0.15, -0.1) is 0 Å². The molecule has 2 aliphatic heterocycles. The minimum Gasteiger partial charge on any atom is -0.490 e. The Morgan fingerprint density at radius 1 is 1.02 bits per heavy atom. The van der Waals surface area contributed by atoms with Gasteiger partial charge in [-0.1, -0.05) is 11.6 Å². The minimum absolute atomic E-state index is 0.0357. The summed E-state index contributed by atoms with van der Waals surface area (Å²) in [5.41, 5.74) is 1.33. The highest BCUT2D eigenvalue weighted by molar-refractivity contribution is 7.92. The summed E-state index contributed by atoms with van der Waals surface area (Å²) in [6.45, 7) is 6.64. The van der Waals surface area contributed by atoms with Crippen molar-refractivity contribution in [1.82, 2.24) is 24.4 Å². The van der Waals surface area contributed by atoms with E-state index in [9.17, 15) is 13.2 Å². The number of ether oxygens (including phenoxy) is 2. The predicted octanol–water partition coefficient (Wildman–Crippen LogP) is 5.26. The van der Waals surface area contributed by atoms with Crippen molar-refractivity contribution in [2.75, 3.05) is 38.7 Å². The number of fused-ring (bicyclic) bond motifs is 1. The Kier molecular flexibility index (Phi) is 9.10. The first-order chi connectivity index (χ1) is 21.6. The van der Waals surface area contributed by atoms with Crippen LogP contribution in [0, 0.1) is 0 Å². The Hall–Kier alpha value is -3.58. The zero-order valence-electron chi connectivity index (χ0n) is 25.6. The summed E-state index contributed by atoms with van der Waals surface area (Å²) in [6.07, 6.45) is 5.99. The van der Waals surface area contributed by atoms with Crippen LogP contribution in [0.4, 0.5) is 11.6 Å². The van der Waals surface area contributed by atoms with Crippen molar-refractivity contribution >= 4 is 44.1 Å². The second-order valence-electron chi connectivity index (χ2n) is 11.9. The third-order valence-electron chi connectivity index (χ3n) is 8.38. The Balaban J connectivity index is 1.26. The van der Waals surface area contributed by atoms with Crippen molar-refractivity contribution in [2.45, 2.75) is 61.8 Å². The predicted molar refractivity (Wildman–Crippen MR) is 174 cm³/mol. The Morgan fingerprint density at radius 3 is 2.40 bits per heavy atom. The molecule has 238 valence electrons. The highest BCUT2D eigenvalue weighted by Gasteiger charge is 2.30. The lowest BCUT2D eigenvalue weighted by Crippen LogP contribution is -2.35. The van der Waals surface area contributed by atoms with Crippen LogP contribution in [0.5, 0.6) is 5.75 Å². The monoisotopic (exact) mass is 652 g/mol. The number of nitrogens with zero attached hydrogens (tertiary/aromatic N) is 5. The molecule has 0 amide bonds. The van der Waals surface area contributed by atoms with E-state index in [0.29, 0.717) is 43.0 Å². The van der Waals surface area contributed by atoms with Crippen LogP contribution in [0.1, 0.15) is 45.6 Å². The molecule has 2 aliphatic rings. The summed E-state index contributed by atoms with van der Waals surface area (Å²) < 4.78 is 39.4. The molecule has 6 rings (SSSR count). The molecule has 1 aromatic carbocycles. The number of rotatable bonds is 8. The zero-order chi connectivity index (χ0) is 31.7. The van der Waals surface area contributed by atoms with E-state index in [1.165, 1.54) is 12.3 Å². The molecule has 0 spiro atoms. The van der Waals surface area contributed by atoms with Crippen LogP contribution in [0.3, 0.4) is 0 Å². The van der Waals surface area contributed by atoms with E-state index in [4.69, 9.17) is 26.1 Å². The molecule has 0 saturated carbocycles. The molecule has 13 heteroatoms. The first-order valence-electron chi connectivity index (χ1n) is 15.2. The van der Waals surface area contributed by atoms with Crippen molar-refractivity contribution in [2.24, 2.45) is 0 Å². The van der Waals surface area contributed by atoms with Crippen molar-refractivity contribution in [3.63, 3.8) is 0 Å². The zero-order valence-corrected chi connectivity index (χ0v) is 27.1. The van der Waals surface area contributed by atoms with Crippen LogP contribution in [0.25, 0.3) is 22.3 Å². The van der Waals surface area contributed by atoms with Crippen molar-refractivity contribution in [1.29, 1.82) is 0 Å². The van der Waals surface area contributed by atoms with Crippen LogP contribution >= 0.6 is 11.6 Å². The molecule has 4 aromatic rings. The summed E-state index contributed by atoms with van der Waals surface area (Å²) in [7, 11) is -1.51. The molecule has 3 aromatic heterocycles. The second-order valence-corrected chi connectivity index (χ2v) is 14.6. The number of nitrogens with one attached hydrogen (secondary N) is 1. The number of benzene rings is 1. The van der Waals surface area contributed by atoms with Crippen molar-refractivity contribution in [3.8, 4) is 17.0 Å². The number of hydrogen-bond acceptors (Lipinski definition) is 10. The number of likely N-dealkylation sites (tertiary alicyclic amines) is 1. The van der Waals surface area contributed by atoms with E-state index in [2.05, 4.69) is 27.2 Å². The van der Waals surface area contributed by atoms with Gasteiger partial charge in [-0.25, -0.2) is 13.4 Å². The summed E-state index contributed by atoms with van der Waals surface area (Å²) in [6, 6.07) is 10.5. The standard InChI is InChI=1S/C32H37ClN6O5S/c1-20(2)39-30-21(18-35-32(37-30)36-22-4-6-23(7-5-22)44-24-8-12-38(3)13-9-24)16-27(31(39)40)29-28(33)17-26(19-34-29)45(41,42)25-10-14-43-15-11-25/h4-7,16-20,24-25H,8-15H2,1-3H3,(H,35,36,37). The molecule has 5 heterocycles. The quantitative estimate of drug-likeness (QED) is 0.269. The van der Waals surface area contributed by atoms with Gasteiger partial charge in [-0.3, -0.25) is 14.3 Å². The fraction of sp³-hybridized carbons (Fsp3) is 0.438. The fourth-order valence-corrected chi connectivity index (χ4v) is 7.84. The maximum absolute atomic E-state index is 13.8. The molecule has 0 radical (unpaired) electrons. The number of halogens is 1. The Bertz CT molecular complexity index is 1850. The Morgan fingerprint density at radius 2 is 1.73 bits per heavy atom. The highest BCUT2D eigenvalue weighted by atomic mass is 35.5. The summed E-state index contributed by atoms with van der Waals surface area (Å²) in [4.78, 5) is 29.7. The summed E-state index contributed by atoms with van der Waals surface area (Å²) in [5.74, 6) is 1.16. The number of hydrogen-bond donors (Lipinski definition) is 1. The molecular weight excluding hydrogens is 616 g/mol. The van der Waals surface area contributed by atoms with E-state index in [1.54, 1.807) is 16.8 Å². The van der Waals surface area contributed by atoms with Crippen molar-refractivity contribution < 1.29 is 17.9 Å². The topological polar surface area (TPSA) is 129 Å². The van der Waals surface area contributed by atoms with Crippen LogP contribution in [-0.2, 0) is 14.6 Å². The third-order valence-corrected chi connectivity index (χ3v) is 10.9. The summed E-state index contributed by atoms with van der Waals surface area (Å²) >= 11 is 6.60. The lowest BCUT2D eigenvalue weighted by atomic mass is 10.1. The number of sulfone groups is 1. The van der Waals surface area contributed by atoms with Crippen LogP contribution in [-0.4, -0.2) is 77.5 Å². The van der Waals surface area contributed by atoms with Gasteiger partial charge in [0.15, 0.2) is 9.84 Å². The second kappa shape index (κ2) is 13.0. The summed E-state index contributed by atoms with van der Waals surface area (Å²) in [5, 5.41) is 3.37. The maximum atomic E-state index is 13.8. The van der Waals surface area contributed by atoms with Gasteiger partial charge >= 0.3 is 0 Å². The van der Waals surface area contributed by atoms with E-state index in [1.807, 2.05) is 38.1 Å². The number of anilines is 2. The largest absolute Gasteiger partial charge is 0.490 e. The molecule has 2 saturated heterocycles. The van der Waals surface area contributed by atoms with Gasteiger partial charge in [0.2, 0.25) is 5.95 Å². The molecule has 0 bridgehead atoms. The lowest BCUT2D eigenvalue weighted by molar-refractivity contribution is 0.0983. The fourth-order valence-electron chi connectivity index (χ4n) is 5.82. The molecular formula is C32H37ClN6O5S. The van der Waals surface area contributed by atoms with Gasteiger partial charge < -0.3 is 19.7 Å². The van der Waals surface area contributed by atoms with E-state index in [0.717, 1.165) is 37.4 Å². The van der Waals surface area contributed by atoms with E-state index in [-0.39, 0.29) is 38.9 Å². The van der Waals surface area contributed by atoms with Gasteiger partial charge in [0.1, 0.15) is 17.5 Å². The van der Waals surface area contributed by atoms with Gasteiger partial charge in [0.25, 0.3) is 5.56 Å². The highest BCUT2D eigenvalue weighted by Crippen LogP contribution is 2.31. The first-order valence-corrected chi connectivity index (χ1v) is 17.1. The normalized spacial score (nSPS) is 17.2. The SMILES string of the molecule is CC(C)n1c(=O)c(-c2ncc(S(=O)(=O)C3CCOCC3)cc2Cl)cc2cnc(Nc3ccc(OC4CCN(C)CC4)cc3)nc21. The average molecular weight is 653 g/mol.